The number of sulfone groups is 1. The van der Waals surface area contributed by atoms with E-state index in [-0.39, 0.29) is 29.5 Å². The molecule has 0 aromatic carbocycles. The molecule has 0 aliphatic carbocycles. The Balaban J connectivity index is 1.88. The van der Waals surface area contributed by atoms with Gasteiger partial charge in [-0.2, -0.15) is 5.10 Å². The molecule has 0 radical (unpaired) electrons. The number of hydrogen-bond acceptors (Lipinski definition) is 4. The van der Waals surface area contributed by atoms with Gasteiger partial charge >= 0.3 is 0 Å². The van der Waals surface area contributed by atoms with Gasteiger partial charge in [0.2, 0.25) is 0 Å². The second kappa shape index (κ2) is 6.60. The fourth-order valence-electron chi connectivity index (χ4n) is 3.09. The van der Waals surface area contributed by atoms with Gasteiger partial charge in [0.1, 0.15) is 11.5 Å². The molecule has 25 heavy (non-hydrogen) atoms. The number of nitrogens with one attached hydrogen (secondary N) is 1. The molecular formula is C16H21BrN4O3S. The summed E-state index contributed by atoms with van der Waals surface area (Å²) in [4.78, 5) is 12.7. The zero-order chi connectivity index (χ0) is 18.4. The molecule has 1 atom stereocenters. The van der Waals surface area contributed by atoms with Gasteiger partial charge in [-0.15, -0.1) is 0 Å². The van der Waals surface area contributed by atoms with E-state index in [4.69, 9.17) is 0 Å². The van der Waals surface area contributed by atoms with E-state index in [1.54, 1.807) is 16.8 Å². The molecule has 1 unspecified atom stereocenters. The van der Waals surface area contributed by atoms with E-state index in [2.05, 4.69) is 26.3 Å². The van der Waals surface area contributed by atoms with Crippen LogP contribution in [0, 0.1) is 6.92 Å². The van der Waals surface area contributed by atoms with E-state index >= 15 is 0 Å². The van der Waals surface area contributed by atoms with E-state index in [0.717, 1.165) is 10.2 Å². The van der Waals surface area contributed by atoms with Crippen molar-refractivity contribution < 1.29 is 13.2 Å². The minimum Gasteiger partial charge on any atom is -0.340 e. The number of halogens is 1. The molecule has 7 nitrogen and oxygen atoms in total. The lowest BCUT2D eigenvalue weighted by Crippen LogP contribution is -2.22. The lowest BCUT2D eigenvalue weighted by atomic mass is 10.3. The summed E-state index contributed by atoms with van der Waals surface area (Å²) in [5.41, 5.74) is 1.27. The number of carbonyl (C=O) groups is 1. The molecule has 1 N–H and O–H groups in total. The number of anilines is 1. The van der Waals surface area contributed by atoms with E-state index < -0.39 is 9.84 Å². The second-order valence-corrected chi connectivity index (χ2v) is 9.82. The first-order chi connectivity index (χ1) is 11.7. The third-order valence-corrected chi connectivity index (χ3v) is 6.44. The Bertz CT molecular complexity index is 914. The van der Waals surface area contributed by atoms with Gasteiger partial charge in [-0.1, -0.05) is 0 Å². The largest absolute Gasteiger partial charge is 0.340 e. The minimum atomic E-state index is -3.03. The summed E-state index contributed by atoms with van der Waals surface area (Å²) in [6.45, 7) is 5.82. The van der Waals surface area contributed by atoms with E-state index in [9.17, 15) is 13.2 Å². The third-order valence-electron chi connectivity index (χ3n) is 4.26. The maximum absolute atomic E-state index is 12.7. The van der Waals surface area contributed by atoms with Crippen molar-refractivity contribution >= 4 is 37.5 Å². The molecule has 1 fully saturated rings. The quantitative estimate of drug-likeness (QED) is 0.810. The smallest absolute Gasteiger partial charge is 0.273 e. The van der Waals surface area contributed by atoms with Crippen molar-refractivity contribution in [3.05, 3.63) is 34.2 Å². The van der Waals surface area contributed by atoms with Crippen molar-refractivity contribution in [2.24, 2.45) is 0 Å². The van der Waals surface area contributed by atoms with Gasteiger partial charge in [0.15, 0.2) is 9.84 Å². The lowest BCUT2D eigenvalue weighted by molar-refractivity contribution is 0.101. The normalized spacial score (nSPS) is 19.5. The van der Waals surface area contributed by atoms with Crippen LogP contribution in [-0.4, -0.2) is 40.2 Å². The molecule has 1 saturated heterocycles. The number of rotatable bonds is 4. The summed E-state index contributed by atoms with van der Waals surface area (Å²) in [5.74, 6) is 0.497. The Morgan fingerprint density at radius 3 is 2.72 bits per heavy atom. The average Bonchev–Trinajstić information content (AvgIpc) is 3.16. The molecule has 3 rings (SSSR count). The number of aromatic nitrogens is 3. The van der Waals surface area contributed by atoms with Gasteiger partial charge in [0, 0.05) is 22.8 Å². The summed E-state index contributed by atoms with van der Waals surface area (Å²) in [7, 11) is -3.03. The van der Waals surface area contributed by atoms with Crippen LogP contribution < -0.4 is 5.32 Å². The first-order valence-corrected chi connectivity index (χ1v) is 10.7. The zero-order valence-electron chi connectivity index (χ0n) is 14.4. The zero-order valence-corrected chi connectivity index (χ0v) is 16.8. The van der Waals surface area contributed by atoms with Crippen molar-refractivity contribution in [1.82, 2.24) is 14.3 Å². The monoisotopic (exact) mass is 428 g/mol. The minimum absolute atomic E-state index is 0.0604. The van der Waals surface area contributed by atoms with Gasteiger partial charge in [0.25, 0.3) is 5.91 Å². The maximum Gasteiger partial charge on any atom is 0.273 e. The Labute approximate surface area is 155 Å². The number of aryl methyl sites for hydroxylation is 1. The van der Waals surface area contributed by atoms with Gasteiger partial charge in [0.05, 0.1) is 23.2 Å². The Kier molecular flexibility index (Phi) is 4.80. The van der Waals surface area contributed by atoms with Crippen molar-refractivity contribution in [3.63, 3.8) is 0 Å². The first-order valence-electron chi connectivity index (χ1n) is 8.11. The highest BCUT2D eigenvalue weighted by Crippen LogP contribution is 2.28. The summed E-state index contributed by atoms with van der Waals surface area (Å²) >= 11 is 3.40. The standard InChI is InChI=1S/C16H21BrN4O3S/c1-10(2)20-8-12(17)7-14(20)16(22)18-15-6-11(3)19-21(15)13-4-5-25(23,24)9-13/h6-8,10,13H,4-5,9H2,1-3H3,(H,18,22). The number of hydrogen-bond donors (Lipinski definition) is 1. The topological polar surface area (TPSA) is 86.0 Å². The van der Waals surface area contributed by atoms with E-state index in [0.29, 0.717) is 17.9 Å². The molecule has 1 amide bonds. The summed E-state index contributed by atoms with van der Waals surface area (Å²) in [5, 5.41) is 7.27. The highest BCUT2D eigenvalue weighted by atomic mass is 79.9. The second-order valence-electron chi connectivity index (χ2n) is 6.67. The molecule has 0 spiro atoms. The van der Waals surface area contributed by atoms with Gasteiger partial charge in [-0.3, -0.25) is 4.79 Å². The van der Waals surface area contributed by atoms with Gasteiger partial charge in [-0.25, -0.2) is 13.1 Å². The summed E-state index contributed by atoms with van der Waals surface area (Å²) in [6, 6.07) is 3.43. The van der Waals surface area contributed by atoms with Crippen LogP contribution in [0.1, 0.15) is 48.5 Å². The molecule has 1 aliphatic rings. The highest BCUT2D eigenvalue weighted by Gasteiger charge is 2.31. The van der Waals surface area contributed by atoms with Crippen LogP contribution in [0.4, 0.5) is 5.82 Å². The van der Waals surface area contributed by atoms with Crippen molar-refractivity contribution in [2.45, 2.75) is 39.3 Å². The molecule has 1 aliphatic heterocycles. The van der Waals surface area contributed by atoms with Crippen LogP contribution in [-0.2, 0) is 9.84 Å². The van der Waals surface area contributed by atoms with Crippen LogP contribution in [0.25, 0.3) is 0 Å². The highest BCUT2D eigenvalue weighted by molar-refractivity contribution is 9.10. The van der Waals surface area contributed by atoms with Crippen molar-refractivity contribution in [1.29, 1.82) is 0 Å². The van der Waals surface area contributed by atoms with Gasteiger partial charge < -0.3 is 9.88 Å². The van der Waals surface area contributed by atoms with Crippen molar-refractivity contribution in [3.8, 4) is 0 Å². The molecule has 3 heterocycles. The van der Waals surface area contributed by atoms with Crippen LogP contribution in [0.15, 0.2) is 22.8 Å². The summed E-state index contributed by atoms with van der Waals surface area (Å²) in [6.07, 6.45) is 2.38. The lowest BCUT2D eigenvalue weighted by Gasteiger charge is -2.15. The number of carbonyl (C=O) groups excluding carboxylic acids is 1. The Hall–Kier alpha value is -1.61. The van der Waals surface area contributed by atoms with Crippen LogP contribution in [0.3, 0.4) is 0 Å². The first kappa shape index (κ1) is 18.2. The molecule has 9 heteroatoms. The summed E-state index contributed by atoms with van der Waals surface area (Å²) < 4.78 is 27.9. The average molecular weight is 429 g/mol. The fraction of sp³-hybridized carbons (Fsp3) is 0.500. The Morgan fingerprint density at radius 1 is 1.40 bits per heavy atom. The number of nitrogens with zero attached hydrogens (tertiary/aromatic N) is 3. The number of amides is 1. The van der Waals surface area contributed by atoms with Crippen LogP contribution in [0.2, 0.25) is 0 Å². The molecule has 136 valence electrons. The molecule has 2 aromatic rings. The van der Waals surface area contributed by atoms with Crippen LogP contribution in [0.5, 0.6) is 0 Å². The fourth-order valence-corrected chi connectivity index (χ4v) is 5.22. The maximum atomic E-state index is 12.7. The van der Waals surface area contributed by atoms with E-state index in [1.165, 1.54) is 0 Å². The van der Waals surface area contributed by atoms with E-state index in [1.807, 2.05) is 31.5 Å². The molecule has 0 bridgehead atoms. The third kappa shape index (κ3) is 3.82. The predicted molar refractivity (Wildman–Crippen MR) is 99.7 cm³/mol. The van der Waals surface area contributed by atoms with Crippen LogP contribution >= 0.6 is 15.9 Å². The SMILES string of the molecule is Cc1cc(NC(=O)c2cc(Br)cn2C(C)C)n(C2CCS(=O)(=O)C2)n1. The predicted octanol–water partition coefficient (Wildman–Crippen LogP) is 2.95. The molecule has 2 aromatic heterocycles. The van der Waals surface area contributed by atoms with Gasteiger partial charge in [-0.05, 0) is 49.2 Å². The molecular weight excluding hydrogens is 408 g/mol. The van der Waals surface area contributed by atoms with Crippen molar-refractivity contribution in [2.75, 3.05) is 16.8 Å². The molecule has 0 saturated carbocycles. The Morgan fingerprint density at radius 2 is 2.12 bits per heavy atom.